The summed E-state index contributed by atoms with van der Waals surface area (Å²) < 4.78 is 8.42. The van der Waals surface area contributed by atoms with Crippen molar-refractivity contribution in [1.82, 2.24) is 34.1 Å². The quantitative estimate of drug-likeness (QED) is 0.416. The Balaban J connectivity index is 1.60. The Bertz CT molecular complexity index is 1400. The number of hydrogen-bond acceptors (Lipinski definition) is 9. The van der Waals surface area contributed by atoms with Crippen LogP contribution >= 0.6 is 11.3 Å². The van der Waals surface area contributed by atoms with Gasteiger partial charge < -0.3 is 9.30 Å². The van der Waals surface area contributed by atoms with Gasteiger partial charge in [-0.2, -0.15) is 0 Å². The summed E-state index contributed by atoms with van der Waals surface area (Å²) in [7, 11) is 1.64. The smallest absolute Gasteiger partial charge is 0.350 e. The average Bonchev–Trinajstić information content (AvgIpc) is 3.33. The highest BCUT2D eigenvalue weighted by molar-refractivity contribution is 7.16. The highest BCUT2D eigenvalue weighted by atomic mass is 32.1. The third-order valence-corrected chi connectivity index (χ3v) is 6.05. The average molecular weight is 456 g/mol. The van der Waals surface area contributed by atoms with Gasteiger partial charge in [0.2, 0.25) is 0 Å². The van der Waals surface area contributed by atoms with Crippen molar-refractivity contribution >= 4 is 28.5 Å². The Morgan fingerprint density at radius 1 is 1.22 bits per heavy atom. The minimum absolute atomic E-state index is 0.167. The lowest BCUT2D eigenvalue weighted by Gasteiger charge is -2.04. The fourth-order valence-electron chi connectivity index (χ4n) is 3.23. The lowest BCUT2D eigenvalue weighted by molar-refractivity contribution is 0.0464. The summed E-state index contributed by atoms with van der Waals surface area (Å²) >= 11 is 1.14. The van der Waals surface area contributed by atoms with Gasteiger partial charge in [0.05, 0.1) is 5.69 Å². The lowest BCUT2D eigenvalue weighted by Crippen LogP contribution is -2.31. The molecule has 4 aromatic heterocycles. The Kier molecular flexibility index (Phi) is 5.95. The molecule has 0 aliphatic heterocycles. The molecular formula is C20H21N7O4S. The minimum atomic E-state index is -0.563. The summed E-state index contributed by atoms with van der Waals surface area (Å²) in [4.78, 5) is 57.0. The van der Waals surface area contributed by atoms with E-state index in [0.29, 0.717) is 33.8 Å². The second-order valence-corrected chi connectivity index (χ2v) is 8.10. The van der Waals surface area contributed by atoms with E-state index in [0.717, 1.165) is 24.2 Å². The van der Waals surface area contributed by atoms with Crippen LogP contribution in [0.15, 0.2) is 28.0 Å². The molecule has 4 aromatic rings. The summed E-state index contributed by atoms with van der Waals surface area (Å²) in [6, 6.07) is 1.70. The molecule has 0 amide bonds. The molecule has 4 rings (SSSR count). The van der Waals surface area contributed by atoms with E-state index in [2.05, 4.69) is 24.9 Å². The summed E-state index contributed by atoms with van der Waals surface area (Å²) in [5.74, 6) is 0.217. The van der Waals surface area contributed by atoms with Crippen molar-refractivity contribution in [3.63, 3.8) is 0 Å². The molecule has 0 spiro atoms. The number of hydrogen-bond donors (Lipinski definition) is 1. The highest BCUT2D eigenvalue weighted by Crippen LogP contribution is 2.26. The maximum atomic E-state index is 12.7. The second-order valence-electron chi connectivity index (χ2n) is 7.11. The number of rotatable bonds is 7. The van der Waals surface area contributed by atoms with E-state index in [1.54, 1.807) is 32.4 Å². The molecule has 0 fully saturated rings. The van der Waals surface area contributed by atoms with Gasteiger partial charge in [0.15, 0.2) is 22.0 Å². The number of aryl methyl sites for hydroxylation is 3. The Labute approximate surface area is 185 Å². The van der Waals surface area contributed by atoms with Gasteiger partial charge in [-0.05, 0) is 19.4 Å². The Morgan fingerprint density at radius 2 is 1.97 bits per heavy atom. The van der Waals surface area contributed by atoms with Crippen LogP contribution in [0.4, 0.5) is 0 Å². The van der Waals surface area contributed by atoms with Gasteiger partial charge in [0.25, 0.3) is 5.56 Å². The Morgan fingerprint density at radius 3 is 2.69 bits per heavy atom. The van der Waals surface area contributed by atoms with Gasteiger partial charge in [-0.25, -0.2) is 29.5 Å². The number of carbonyl (C=O) groups is 1. The SMILES string of the molecule is CCCCn1c(=O)[nH]c(=O)c2c1nc(COC(=O)c1sc(-c3ncccn3)nc1C)n2C. The van der Waals surface area contributed by atoms with Crippen molar-refractivity contribution in [3.8, 4) is 10.8 Å². The molecule has 0 atom stereocenters. The fraction of sp³-hybridized carbons (Fsp3) is 0.350. The molecule has 32 heavy (non-hydrogen) atoms. The predicted molar refractivity (Wildman–Crippen MR) is 117 cm³/mol. The second kappa shape index (κ2) is 8.83. The van der Waals surface area contributed by atoms with Crippen molar-refractivity contribution < 1.29 is 9.53 Å². The zero-order chi connectivity index (χ0) is 22.8. The summed E-state index contributed by atoms with van der Waals surface area (Å²) in [5.41, 5.74) is 0.00411. The van der Waals surface area contributed by atoms with Crippen molar-refractivity contribution in [2.24, 2.45) is 7.05 Å². The van der Waals surface area contributed by atoms with Gasteiger partial charge in [-0.1, -0.05) is 13.3 Å². The molecule has 0 saturated heterocycles. The van der Waals surface area contributed by atoms with E-state index in [1.165, 1.54) is 9.13 Å². The number of nitrogens with one attached hydrogen (secondary N) is 1. The third-order valence-electron chi connectivity index (χ3n) is 4.91. The van der Waals surface area contributed by atoms with Crippen LogP contribution in [0, 0.1) is 6.92 Å². The molecule has 4 heterocycles. The van der Waals surface area contributed by atoms with Crippen LogP contribution < -0.4 is 11.2 Å². The number of aromatic amines is 1. The minimum Gasteiger partial charge on any atom is -0.453 e. The summed E-state index contributed by atoms with van der Waals surface area (Å²) in [6.07, 6.45) is 4.85. The van der Waals surface area contributed by atoms with Crippen LogP contribution in [0.25, 0.3) is 22.0 Å². The van der Waals surface area contributed by atoms with Crippen molar-refractivity contribution in [3.05, 3.63) is 55.7 Å². The summed E-state index contributed by atoms with van der Waals surface area (Å²) in [5, 5.41) is 0.518. The number of imidazole rings is 1. The monoisotopic (exact) mass is 455 g/mol. The first kappa shape index (κ1) is 21.6. The van der Waals surface area contributed by atoms with Crippen LogP contribution in [0.3, 0.4) is 0 Å². The van der Waals surface area contributed by atoms with Gasteiger partial charge in [0, 0.05) is 26.0 Å². The fourth-order valence-corrected chi connectivity index (χ4v) is 4.14. The van der Waals surface area contributed by atoms with Crippen LogP contribution in [-0.4, -0.2) is 40.0 Å². The van der Waals surface area contributed by atoms with Crippen LogP contribution in [0.5, 0.6) is 0 Å². The van der Waals surface area contributed by atoms with Crippen LogP contribution in [0.1, 0.15) is 41.0 Å². The normalized spacial score (nSPS) is 11.2. The molecular weight excluding hydrogens is 434 g/mol. The van der Waals surface area contributed by atoms with E-state index in [1.807, 2.05) is 6.92 Å². The van der Waals surface area contributed by atoms with Crippen LogP contribution in [0.2, 0.25) is 0 Å². The zero-order valence-electron chi connectivity index (χ0n) is 17.8. The van der Waals surface area contributed by atoms with E-state index >= 15 is 0 Å². The number of nitrogens with zero attached hydrogens (tertiary/aromatic N) is 6. The maximum absolute atomic E-state index is 12.7. The lowest BCUT2D eigenvalue weighted by atomic mass is 10.3. The van der Waals surface area contributed by atoms with E-state index in [4.69, 9.17) is 4.74 Å². The van der Waals surface area contributed by atoms with Crippen molar-refractivity contribution in [1.29, 1.82) is 0 Å². The predicted octanol–water partition coefficient (Wildman–Crippen LogP) is 1.80. The molecule has 0 aromatic carbocycles. The molecule has 0 bridgehead atoms. The van der Waals surface area contributed by atoms with E-state index in [9.17, 15) is 14.4 Å². The van der Waals surface area contributed by atoms with Crippen molar-refractivity contribution in [2.45, 2.75) is 39.8 Å². The number of ether oxygens (including phenoxy) is 1. The molecule has 166 valence electrons. The number of carbonyl (C=O) groups excluding carboxylic acids is 1. The first-order chi connectivity index (χ1) is 15.4. The Hall–Kier alpha value is -3.67. The third kappa shape index (κ3) is 3.96. The molecule has 11 nitrogen and oxygen atoms in total. The molecule has 0 aliphatic rings. The standard InChI is InChI=1S/C20H21N7O4S/c1-4-5-9-27-16-13(17(28)25-20(27)30)26(3)12(24-16)10-31-19(29)14-11(2)23-18(32-14)15-21-7-6-8-22-15/h6-8H,4-5,9-10H2,1-3H3,(H,25,28,30). The first-order valence-corrected chi connectivity index (χ1v) is 10.8. The van der Waals surface area contributed by atoms with E-state index < -0.39 is 17.2 Å². The number of unbranched alkanes of at least 4 members (excludes halogenated alkanes) is 1. The van der Waals surface area contributed by atoms with Gasteiger partial charge >= 0.3 is 11.7 Å². The number of fused-ring (bicyclic) bond motifs is 1. The summed E-state index contributed by atoms with van der Waals surface area (Å²) in [6.45, 7) is 3.98. The van der Waals surface area contributed by atoms with Gasteiger partial charge in [-0.3, -0.25) is 14.3 Å². The molecule has 1 N–H and O–H groups in total. The molecule has 12 heteroatoms. The van der Waals surface area contributed by atoms with Gasteiger partial charge in [-0.15, -0.1) is 11.3 Å². The number of H-pyrrole nitrogens is 1. The molecule has 0 aliphatic carbocycles. The topological polar surface area (TPSA) is 138 Å². The van der Waals surface area contributed by atoms with Crippen molar-refractivity contribution in [2.75, 3.05) is 0 Å². The maximum Gasteiger partial charge on any atom is 0.350 e. The van der Waals surface area contributed by atoms with E-state index in [-0.39, 0.29) is 17.8 Å². The molecule has 0 unspecified atom stereocenters. The largest absolute Gasteiger partial charge is 0.453 e. The van der Waals surface area contributed by atoms with Gasteiger partial charge in [0.1, 0.15) is 17.3 Å². The highest BCUT2D eigenvalue weighted by Gasteiger charge is 2.21. The first-order valence-electron chi connectivity index (χ1n) is 10.0. The van der Waals surface area contributed by atoms with Crippen LogP contribution in [-0.2, 0) is 24.9 Å². The molecule has 0 radical (unpaired) electrons. The number of thiazole rings is 1. The zero-order valence-corrected chi connectivity index (χ0v) is 18.6. The number of esters is 1. The number of aromatic nitrogens is 7. The molecule has 0 saturated carbocycles.